The van der Waals surface area contributed by atoms with Crippen LogP contribution in [-0.2, 0) is 35.2 Å². The van der Waals surface area contributed by atoms with Gasteiger partial charge in [0.15, 0.2) is 0 Å². The Kier molecular flexibility index (Phi) is 8.55. The molecule has 0 unspecified atom stereocenters. The summed E-state index contributed by atoms with van der Waals surface area (Å²) < 4.78 is 16.3. The van der Waals surface area contributed by atoms with Crippen molar-refractivity contribution < 1.29 is 33.1 Å². The number of nitrogens with zero attached hydrogens (tertiary/aromatic N) is 1. The molecule has 12 heteroatoms. The monoisotopic (exact) mass is 561 g/mol. The maximum atomic E-state index is 13.2. The number of esters is 1. The van der Waals surface area contributed by atoms with Crippen molar-refractivity contribution in [3.8, 4) is 0 Å². The fourth-order valence-corrected chi connectivity index (χ4v) is 4.74. The lowest BCUT2D eigenvalue weighted by molar-refractivity contribution is -0.136. The highest BCUT2D eigenvalue weighted by Crippen LogP contribution is 2.33. The lowest BCUT2D eigenvalue weighted by Gasteiger charge is -2.21. The van der Waals surface area contributed by atoms with Gasteiger partial charge in [0.1, 0.15) is 11.5 Å². The number of allylic oxidation sites excluding steroid dienone is 1. The highest BCUT2D eigenvalue weighted by Gasteiger charge is 2.38. The molecule has 0 radical (unpaired) electrons. The predicted octanol–water partition coefficient (Wildman–Crippen LogP) is 3.69. The van der Waals surface area contributed by atoms with Crippen LogP contribution in [0.1, 0.15) is 31.3 Å². The van der Waals surface area contributed by atoms with Crippen LogP contribution in [0.3, 0.4) is 0 Å². The molecule has 2 aliphatic rings. The van der Waals surface area contributed by atoms with Gasteiger partial charge in [-0.3, -0.25) is 14.4 Å². The molecule has 1 saturated heterocycles. The molecule has 0 spiro atoms. The molecule has 2 aromatic rings. The highest BCUT2D eigenvalue weighted by molar-refractivity contribution is 6.40. The maximum Gasteiger partial charge on any atom is 0.340 e. The molecule has 0 saturated carbocycles. The number of halogens is 2. The van der Waals surface area contributed by atoms with Gasteiger partial charge in [-0.1, -0.05) is 23.2 Å². The Labute approximate surface area is 228 Å². The van der Waals surface area contributed by atoms with Gasteiger partial charge in [0.25, 0.3) is 5.91 Å². The zero-order chi connectivity index (χ0) is 27.4. The standard InChI is InChI=1S/C26H25Cl2N3O7/c1-14-22(26(35)36-2)21(25(34)31(14)13-20-4-3-7-37-20)11-18-5-6-19(38-18)12-29-23(32)24(33)30-17-9-15(27)8-16(28)10-17/h5-6,8-11,20H,3-4,7,12-13H2,1-2H3,(H,29,32)(H,30,33)/b21-11-/t20-/m0/s1. The van der Waals surface area contributed by atoms with Crippen molar-refractivity contribution in [3.05, 3.63) is 68.7 Å². The van der Waals surface area contributed by atoms with Gasteiger partial charge in [-0.15, -0.1) is 0 Å². The van der Waals surface area contributed by atoms with Gasteiger partial charge < -0.3 is 29.4 Å². The molecule has 38 heavy (non-hydrogen) atoms. The molecule has 1 aromatic heterocycles. The number of hydrogen-bond donors (Lipinski definition) is 2. The molecular formula is C26H25Cl2N3O7. The van der Waals surface area contributed by atoms with Crippen LogP contribution in [0.15, 0.2) is 51.6 Å². The van der Waals surface area contributed by atoms with E-state index in [9.17, 15) is 19.2 Å². The first-order valence-electron chi connectivity index (χ1n) is 11.7. The van der Waals surface area contributed by atoms with Crippen LogP contribution in [0.2, 0.25) is 10.0 Å². The molecule has 10 nitrogen and oxygen atoms in total. The van der Waals surface area contributed by atoms with Crippen molar-refractivity contribution in [2.45, 2.75) is 32.4 Å². The van der Waals surface area contributed by atoms with Gasteiger partial charge in [-0.25, -0.2) is 4.79 Å². The third-order valence-electron chi connectivity index (χ3n) is 6.03. The summed E-state index contributed by atoms with van der Waals surface area (Å²) in [7, 11) is 1.25. The maximum absolute atomic E-state index is 13.2. The minimum absolute atomic E-state index is 0.0937. The largest absolute Gasteiger partial charge is 0.465 e. The number of carbonyl (C=O) groups excluding carboxylic acids is 4. The average molecular weight is 562 g/mol. The first-order chi connectivity index (χ1) is 18.2. The van der Waals surface area contributed by atoms with Gasteiger partial charge >= 0.3 is 17.8 Å². The number of methoxy groups -OCH3 is 1. The van der Waals surface area contributed by atoms with E-state index in [1.807, 2.05) is 0 Å². The first-order valence-corrected chi connectivity index (χ1v) is 12.5. The molecule has 4 rings (SSSR count). The molecule has 2 aliphatic heterocycles. The number of ether oxygens (including phenoxy) is 2. The number of anilines is 1. The number of amides is 3. The van der Waals surface area contributed by atoms with E-state index in [2.05, 4.69) is 10.6 Å². The quantitative estimate of drug-likeness (QED) is 0.299. The Morgan fingerprint density at radius 1 is 1.16 bits per heavy atom. The van der Waals surface area contributed by atoms with E-state index in [0.717, 1.165) is 12.8 Å². The molecule has 0 bridgehead atoms. The second-order valence-electron chi connectivity index (χ2n) is 8.66. The SMILES string of the molecule is COC(=O)C1=C(C)N(C[C@@H]2CCCO2)C(=O)/C1=C\c1ccc(CNC(=O)C(=O)Nc2cc(Cl)cc(Cl)c2)o1. The molecule has 1 fully saturated rings. The number of nitrogens with one attached hydrogen (secondary N) is 2. The van der Waals surface area contributed by atoms with Crippen LogP contribution in [0.5, 0.6) is 0 Å². The molecule has 200 valence electrons. The summed E-state index contributed by atoms with van der Waals surface area (Å²) in [5, 5.41) is 5.48. The number of benzene rings is 1. The van der Waals surface area contributed by atoms with E-state index >= 15 is 0 Å². The lowest BCUT2D eigenvalue weighted by Crippen LogP contribution is -2.34. The summed E-state index contributed by atoms with van der Waals surface area (Å²) in [6.45, 7) is 2.57. The second-order valence-corrected chi connectivity index (χ2v) is 9.53. The summed E-state index contributed by atoms with van der Waals surface area (Å²) in [4.78, 5) is 51.7. The fraction of sp³-hybridized carbons (Fsp3) is 0.308. The van der Waals surface area contributed by atoms with E-state index in [-0.39, 0.29) is 41.1 Å². The summed E-state index contributed by atoms with van der Waals surface area (Å²) in [6.07, 6.45) is 3.11. The van der Waals surface area contributed by atoms with E-state index in [1.165, 1.54) is 36.3 Å². The Hall–Kier alpha value is -3.60. The number of furan rings is 1. The minimum atomic E-state index is -0.913. The van der Waals surface area contributed by atoms with Crippen molar-refractivity contribution in [3.63, 3.8) is 0 Å². The minimum Gasteiger partial charge on any atom is -0.465 e. The van der Waals surface area contributed by atoms with E-state index in [1.54, 1.807) is 19.1 Å². The first kappa shape index (κ1) is 27.4. The third kappa shape index (κ3) is 6.27. The topological polar surface area (TPSA) is 127 Å². The number of rotatable bonds is 7. The lowest BCUT2D eigenvalue weighted by atomic mass is 10.1. The highest BCUT2D eigenvalue weighted by atomic mass is 35.5. The van der Waals surface area contributed by atoms with Crippen molar-refractivity contribution in [1.82, 2.24) is 10.2 Å². The second kappa shape index (κ2) is 11.8. The van der Waals surface area contributed by atoms with Crippen molar-refractivity contribution in [2.75, 3.05) is 25.6 Å². The van der Waals surface area contributed by atoms with Gasteiger partial charge in [0, 0.05) is 28.0 Å². The number of hydrogen-bond acceptors (Lipinski definition) is 7. The normalized spacial score (nSPS) is 18.3. The Balaban J connectivity index is 1.43. The smallest absolute Gasteiger partial charge is 0.340 e. The van der Waals surface area contributed by atoms with Crippen molar-refractivity contribution in [1.29, 1.82) is 0 Å². The molecule has 1 atom stereocenters. The van der Waals surface area contributed by atoms with Crippen molar-refractivity contribution in [2.24, 2.45) is 0 Å². The molecule has 3 amide bonds. The molecule has 2 N–H and O–H groups in total. The molecular weight excluding hydrogens is 537 g/mol. The van der Waals surface area contributed by atoms with Crippen molar-refractivity contribution >= 4 is 58.7 Å². The molecule has 1 aromatic carbocycles. The predicted molar refractivity (Wildman–Crippen MR) is 139 cm³/mol. The van der Waals surface area contributed by atoms with Crippen LogP contribution >= 0.6 is 23.2 Å². The van der Waals surface area contributed by atoms with Crippen LogP contribution in [0, 0.1) is 0 Å². The van der Waals surface area contributed by atoms with Gasteiger partial charge in [0.2, 0.25) is 0 Å². The summed E-state index contributed by atoms with van der Waals surface area (Å²) in [5.74, 6) is -2.21. The van der Waals surface area contributed by atoms with Crippen LogP contribution < -0.4 is 10.6 Å². The van der Waals surface area contributed by atoms with Gasteiger partial charge in [-0.05, 0) is 56.2 Å². The van der Waals surface area contributed by atoms with E-state index in [0.29, 0.717) is 34.7 Å². The summed E-state index contributed by atoms with van der Waals surface area (Å²) >= 11 is 11.8. The fourth-order valence-electron chi connectivity index (χ4n) is 4.21. The Morgan fingerprint density at radius 3 is 2.55 bits per heavy atom. The molecule has 3 heterocycles. The van der Waals surface area contributed by atoms with Gasteiger partial charge in [0.05, 0.1) is 37.4 Å². The average Bonchev–Trinajstić information content (AvgIpc) is 3.60. The zero-order valence-electron chi connectivity index (χ0n) is 20.6. The van der Waals surface area contributed by atoms with E-state index in [4.69, 9.17) is 37.1 Å². The summed E-state index contributed by atoms with van der Waals surface area (Å²) in [6, 6.07) is 7.57. The molecule has 0 aliphatic carbocycles. The third-order valence-corrected chi connectivity index (χ3v) is 6.47. The van der Waals surface area contributed by atoms with Crippen LogP contribution in [-0.4, -0.2) is 55.0 Å². The van der Waals surface area contributed by atoms with Gasteiger partial charge in [-0.2, -0.15) is 0 Å². The summed E-state index contributed by atoms with van der Waals surface area (Å²) in [5.41, 5.74) is 1.04. The van der Waals surface area contributed by atoms with Crippen LogP contribution in [0.4, 0.5) is 5.69 Å². The Morgan fingerprint density at radius 2 is 1.89 bits per heavy atom. The zero-order valence-corrected chi connectivity index (χ0v) is 22.1. The Bertz CT molecular complexity index is 1320. The van der Waals surface area contributed by atoms with Crippen LogP contribution in [0.25, 0.3) is 6.08 Å². The number of carbonyl (C=O) groups is 4. The van der Waals surface area contributed by atoms with E-state index < -0.39 is 17.8 Å².